The summed E-state index contributed by atoms with van der Waals surface area (Å²) in [5.41, 5.74) is 1.85. The van der Waals surface area contributed by atoms with Crippen molar-refractivity contribution in [3.8, 4) is 11.1 Å². The zero-order valence-electron chi connectivity index (χ0n) is 9.82. The first kappa shape index (κ1) is 13.8. The van der Waals surface area contributed by atoms with Crippen molar-refractivity contribution in [2.75, 3.05) is 5.75 Å². The maximum atomic E-state index is 12.1. The van der Waals surface area contributed by atoms with Gasteiger partial charge in [0.15, 0.2) is 0 Å². The van der Waals surface area contributed by atoms with Crippen LogP contribution in [0.4, 0.5) is 0 Å². The Morgan fingerprint density at radius 1 is 1.17 bits per heavy atom. The summed E-state index contributed by atoms with van der Waals surface area (Å²) in [4.78, 5) is 0.819. The second-order valence-corrected chi connectivity index (χ2v) is 6.79. The van der Waals surface area contributed by atoms with Crippen LogP contribution in [-0.4, -0.2) is 9.96 Å². The van der Waals surface area contributed by atoms with Gasteiger partial charge in [0.25, 0.3) is 0 Å². The Morgan fingerprint density at radius 3 is 2.56 bits per heavy atom. The molecule has 2 aromatic rings. The van der Waals surface area contributed by atoms with Crippen molar-refractivity contribution in [1.29, 1.82) is 0 Å². The van der Waals surface area contributed by atoms with Gasteiger partial charge in [-0.25, -0.2) is 0 Å². The van der Waals surface area contributed by atoms with E-state index in [0.717, 1.165) is 20.5 Å². The summed E-state index contributed by atoms with van der Waals surface area (Å²) < 4.78 is 13.0. The zero-order chi connectivity index (χ0) is 13.1. The van der Waals surface area contributed by atoms with Crippen molar-refractivity contribution in [3.05, 3.63) is 52.0 Å². The molecule has 1 atom stereocenters. The molecule has 0 aliphatic heterocycles. The molecule has 0 saturated heterocycles. The summed E-state index contributed by atoms with van der Waals surface area (Å²) in [5, 5.41) is 0.675. The van der Waals surface area contributed by atoms with Gasteiger partial charge in [-0.3, -0.25) is 4.21 Å². The molecule has 0 radical (unpaired) electrons. The Kier molecular flexibility index (Phi) is 4.60. The lowest BCUT2D eigenvalue weighted by Crippen LogP contribution is -1.97. The van der Waals surface area contributed by atoms with E-state index in [1.807, 2.05) is 49.4 Å². The van der Waals surface area contributed by atoms with E-state index in [4.69, 9.17) is 11.6 Å². The second-order valence-electron chi connectivity index (χ2n) is 3.75. The second kappa shape index (κ2) is 6.00. The van der Waals surface area contributed by atoms with E-state index in [1.165, 1.54) is 0 Å². The molecule has 18 heavy (non-hydrogen) atoms. The third-order valence-corrected chi connectivity index (χ3v) is 4.79. The minimum atomic E-state index is -1.01. The number of rotatable bonds is 3. The summed E-state index contributed by atoms with van der Waals surface area (Å²) in [5.74, 6) is 0.591. The van der Waals surface area contributed by atoms with Crippen molar-refractivity contribution in [3.63, 3.8) is 0 Å². The van der Waals surface area contributed by atoms with Gasteiger partial charge >= 0.3 is 0 Å². The maximum Gasteiger partial charge on any atom is 0.0533 e. The van der Waals surface area contributed by atoms with Gasteiger partial charge in [0, 0.05) is 25.7 Å². The summed E-state index contributed by atoms with van der Waals surface area (Å²) in [6, 6.07) is 13.4. The molecule has 0 aromatic heterocycles. The average molecular weight is 344 g/mol. The first-order valence-corrected chi connectivity index (χ1v) is 8.05. The van der Waals surface area contributed by atoms with E-state index in [-0.39, 0.29) is 0 Å². The molecule has 1 unspecified atom stereocenters. The molecule has 94 valence electrons. The van der Waals surface area contributed by atoms with Crippen LogP contribution in [0, 0.1) is 0 Å². The van der Waals surface area contributed by atoms with Crippen LogP contribution in [-0.2, 0) is 10.8 Å². The van der Waals surface area contributed by atoms with Crippen molar-refractivity contribution in [2.24, 2.45) is 0 Å². The molecule has 0 aliphatic rings. The fourth-order valence-electron chi connectivity index (χ4n) is 1.74. The van der Waals surface area contributed by atoms with E-state index < -0.39 is 10.8 Å². The highest BCUT2D eigenvalue weighted by molar-refractivity contribution is 9.10. The molecule has 0 bridgehead atoms. The highest BCUT2D eigenvalue weighted by Gasteiger charge is 2.12. The minimum Gasteiger partial charge on any atom is -0.254 e. The Balaban J connectivity index is 2.64. The van der Waals surface area contributed by atoms with E-state index in [9.17, 15) is 4.21 Å². The molecule has 0 fully saturated rings. The highest BCUT2D eigenvalue weighted by Crippen LogP contribution is 2.33. The number of benzene rings is 2. The zero-order valence-corrected chi connectivity index (χ0v) is 13.0. The predicted octanol–water partition coefficient (Wildman–Crippen LogP) is 4.90. The van der Waals surface area contributed by atoms with E-state index in [0.29, 0.717) is 10.8 Å². The lowest BCUT2D eigenvalue weighted by molar-refractivity contribution is 0.684. The molecule has 0 heterocycles. The third kappa shape index (κ3) is 2.85. The first-order chi connectivity index (χ1) is 8.63. The molecule has 0 N–H and O–H groups in total. The van der Waals surface area contributed by atoms with Crippen LogP contribution >= 0.6 is 27.5 Å². The molecular formula is C14H12BrClOS. The van der Waals surface area contributed by atoms with Gasteiger partial charge in [-0.2, -0.15) is 0 Å². The predicted molar refractivity (Wildman–Crippen MR) is 81.5 cm³/mol. The molecule has 0 spiro atoms. The smallest absolute Gasteiger partial charge is 0.0533 e. The monoisotopic (exact) mass is 342 g/mol. The van der Waals surface area contributed by atoms with E-state index in [1.54, 1.807) is 0 Å². The summed E-state index contributed by atoms with van der Waals surface area (Å²) in [6.45, 7) is 1.91. The normalized spacial score (nSPS) is 12.4. The van der Waals surface area contributed by atoms with Gasteiger partial charge in [-0.1, -0.05) is 58.7 Å². The summed E-state index contributed by atoms with van der Waals surface area (Å²) in [7, 11) is -1.01. The lowest BCUT2D eigenvalue weighted by atomic mass is 10.1. The summed E-state index contributed by atoms with van der Waals surface area (Å²) in [6.07, 6.45) is 0. The van der Waals surface area contributed by atoms with Crippen molar-refractivity contribution >= 4 is 38.3 Å². The average Bonchev–Trinajstić information content (AvgIpc) is 2.39. The fraction of sp³-hybridized carbons (Fsp3) is 0.143. The van der Waals surface area contributed by atoms with Crippen molar-refractivity contribution in [1.82, 2.24) is 0 Å². The largest absolute Gasteiger partial charge is 0.254 e. The topological polar surface area (TPSA) is 17.1 Å². The van der Waals surface area contributed by atoms with Crippen LogP contribution in [0.15, 0.2) is 51.8 Å². The lowest BCUT2D eigenvalue weighted by Gasteiger charge is -2.10. The van der Waals surface area contributed by atoms with Crippen LogP contribution < -0.4 is 0 Å². The molecule has 1 nitrogen and oxygen atoms in total. The minimum absolute atomic E-state index is 0.591. The molecule has 2 rings (SSSR count). The van der Waals surface area contributed by atoms with Crippen LogP contribution in [0.2, 0.25) is 5.02 Å². The van der Waals surface area contributed by atoms with Crippen LogP contribution in [0.5, 0.6) is 0 Å². The fourth-order valence-corrected chi connectivity index (χ4v) is 3.49. The Labute approximate surface area is 123 Å². The standard InChI is InChI=1S/C14H12BrClOS/c1-2-18(17)14-9-10(15)7-8-12(14)11-5-3-4-6-13(11)16/h3-9H,2H2,1H3. The van der Waals surface area contributed by atoms with E-state index in [2.05, 4.69) is 15.9 Å². The van der Waals surface area contributed by atoms with E-state index >= 15 is 0 Å². The number of halogens is 2. The number of hydrogen-bond donors (Lipinski definition) is 0. The molecule has 0 amide bonds. The van der Waals surface area contributed by atoms with Gasteiger partial charge in [0.2, 0.25) is 0 Å². The third-order valence-electron chi connectivity index (χ3n) is 2.62. The van der Waals surface area contributed by atoms with Crippen LogP contribution in [0.25, 0.3) is 11.1 Å². The number of hydrogen-bond acceptors (Lipinski definition) is 1. The Bertz CT molecular complexity index is 598. The van der Waals surface area contributed by atoms with Gasteiger partial charge in [-0.15, -0.1) is 0 Å². The van der Waals surface area contributed by atoms with Crippen molar-refractivity contribution in [2.45, 2.75) is 11.8 Å². The van der Waals surface area contributed by atoms with Crippen LogP contribution in [0.1, 0.15) is 6.92 Å². The van der Waals surface area contributed by atoms with Crippen molar-refractivity contribution < 1.29 is 4.21 Å². The molecule has 2 aromatic carbocycles. The molecule has 0 aliphatic carbocycles. The van der Waals surface area contributed by atoms with Crippen LogP contribution in [0.3, 0.4) is 0 Å². The van der Waals surface area contributed by atoms with Gasteiger partial charge in [-0.05, 0) is 23.8 Å². The molecule has 0 saturated carbocycles. The Morgan fingerprint density at radius 2 is 1.89 bits per heavy atom. The van der Waals surface area contributed by atoms with Gasteiger partial charge in [0.1, 0.15) is 0 Å². The Hall–Kier alpha value is -0.640. The summed E-state index contributed by atoms with van der Waals surface area (Å²) >= 11 is 9.63. The van der Waals surface area contributed by atoms with Gasteiger partial charge < -0.3 is 0 Å². The molecule has 4 heteroatoms. The highest BCUT2D eigenvalue weighted by atomic mass is 79.9. The molecular weight excluding hydrogens is 332 g/mol. The maximum absolute atomic E-state index is 12.1. The quantitative estimate of drug-likeness (QED) is 0.775. The van der Waals surface area contributed by atoms with Gasteiger partial charge in [0.05, 0.1) is 10.8 Å². The first-order valence-electron chi connectivity index (χ1n) is 5.56. The SMILES string of the molecule is CCS(=O)c1cc(Br)ccc1-c1ccccc1Cl.